The van der Waals surface area contributed by atoms with Crippen LogP contribution in [0.1, 0.15) is 31.2 Å². The van der Waals surface area contributed by atoms with Crippen molar-refractivity contribution in [3.63, 3.8) is 0 Å². The van der Waals surface area contributed by atoms with E-state index in [-0.39, 0.29) is 17.1 Å². The monoisotopic (exact) mass is 298 g/mol. The normalized spacial score (nSPS) is 31.4. The van der Waals surface area contributed by atoms with Crippen molar-refractivity contribution >= 4 is 6.03 Å². The lowest BCUT2D eigenvalue weighted by molar-refractivity contribution is 0.0412. The number of nitrogens with zero attached hydrogens (tertiary/aromatic N) is 3. The number of rotatable bonds is 2. The Morgan fingerprint density at radius 3 is 2.36 bits per heavy atom. The number of carbonyl (C=O) groups excluding carboxylic acids is 1. The molecule has 1 aliphatic heterocycles. The van der Waals surface area contributed by atoms with Gasteiger partial charge < -0.3 is 5.32 Å². The first kappa shape index (κ1) is 14.9. The molecule has 0 atom stereocenters. The summed E-state index contributed by atoms with van der Waals surface area (Å²) >= 11 is 0. The first-order valence-electron chi connectivity index (χ1n) is 7.75. The fourth-order valence-electron chi connectivity index (χ4n) is 4.04. The van der Waals surface area contributed by atoms with Gasteiger partial charge in [0.25, 0.3) is 0 Å². The summed E-state index contributed by atoms with van der Waals surface area (Å²) in [4.78, 5) is 15.5. The Kier molecular flexibility index (Phi) is 3.57. The van der Waals surface area contributed by atoms with E-state index in [2.05, 4.69) is 54.8 Å². The number of hydrogen-bond donors (Lipinski definition) is 1. The van der Waals surface area contributed by atoms with Crippen LogP contribution in [0.4, 0.5) is 4.79 Å². The maximum absolute atomic E-state index is 11.8. The number of carbonyl (C=O) groups is 1. The van der Waals surface area contributed by atoms with Crippen LogP contribution in [0, 0.1) is 11.5 Å². The quantitative estimate of drug-likeness (QED) is 0.852. The van der Waals surface area contributed by atoms with Crippen LogP contribution in [0.15, 0.2) is 30.3 Å². The van der Waals surface area contributed by atoms with E-state index in [0.29, 0.717) is 6.54 Å². The molecule has 2 aliphatic rings. The summed E-state index contributed by atoms with van der Waals surface area (Å²) in [5, 5.41) is 12.1. The second-order valence-electron chi connectivity index (χ2n) is 6.61. The lowest BCUT2D eigenvalue weighted by Gasteiger charge is -2.49. The molecule has 1 spiro atoms. The van der Waals surface area contributed by atoms with E-state index in [0.717, 1.165) is 25.7 Å². The van der Waals surface area contributed by atoms with E-state index < -0.39 is 0 Å². The number of urea groups is 1. The molecular weight excluding hydrogens is 276 g/mol. The zero-order valence-corrected chi connectivity index (χ0v) is 13.2. The number of nitriles is 1. The van der Waals surface area contributed by atoms with Crippen LogP contribution in [-0.4, -0.2) is 42.0 Å². The van der Waals surface area contributed by atoms with E-state index in [4.69, 9.17) is 0 Å². The summed E-state index contributed by atoms with van der Waals surface area (Å²) in [6, 6.07) is 10.3. The van der Waals surface area contributed by atoms with E-state index in [1.807, 2.05) is 6.07 Å². The molecule has 5 heteroatoms. The van der Waals surface area contributed by atoms with Crippen LogP contribution in [0.25, 0.3) is 0 Å². The van der Waals surface area contributed by atoms with Gasteiger partial charge in [-0.15, -0.1) is 0 Å². The van der Waals surface area contributed by atoms with Gasteiger partial charge in [0.1, 0.15) is 0 Å². The predicted octanol–water partition coefficient (Wildman–Crippen LogP) is 2.26. The maximum atomic E-state index is 11.8. The lowest BCUT2D eigenvalue weighted by Crippen LogP contribution is -2.54. The summed E-state index contributed by atoms with van der Waals surface area (Å²) in [6.07, 6.45) is 5.64. The Labute approximate surface area is 131 Å². The van der Waals surface area contributed by atoms with Crippen LogP contribution in [0.2, 0.25) is 0 Å². The van der Waals surface area contributed by atoms with Gasteiger partial charge in [0.2, 0.25) is 0 Å². The van der Waals surface area contributed by atoms with Gasteiger partial charge >= 0.3 is 6.03 Å². The van der Waals surface area contributed by atoms with Crippen LogP contribution in [-0.2, 0) is 5.54 Å². The molecule has 0 bridgehead atoms. The van der Waals surface area contributed by atoms with Gasteiger partial charge in [0.05, 0.1) is 5.54 Å². The average Bonchev–Trinajstić information content (AvgIpc) is 2.85. The van der Waals surface area contributed by atoms with Crippen molar-refractivity contribution in [3.05, 3.63) is 35.9 Å². The summed E-state index contributed by atoms with van der Waals surface area (Å²) in [6.45, 7) is 0.581. The minimum atomic E-state index is -0.333. The molecule has 1 saturated heterocycles. The first-order valence-corrected chi connectivity index (χ1v) is 7.75. The minimum Gasteiger partial charge on any atom is -0.335 e. The van der Waals surface area contributed by atoms with Crippen molar-refractivity contribution < 1.29 is 4.79 Å². The van der Waals surface area contributed by atoms with Crippen molar-refractivity contribution in [2.24, 2.45) is 0 Å². The van der Waals surface area contributed by atoms with Gasteiger partial charge in [-0.2, -0.15) is 5.26 Å². The highest BCUT2D eigenvalue weighted by Crippen LogP contribution is 2.47. The fraction of sp³-hybridized carbons (Fsp3) is 0.529. The Bertz CT molecular complexity index is 597. The molecule has 2 fully saturated rings. The SMILES string of the molecule is CN(C)C1(c2ccccc2)CCC2(CC1)CNC(=O)N2C#N. The highest BCUT2D eigenvalue weighted by atomic mass is 16.2. The first-order chi connectivity index (χ1) is 10.5. The van der Waals surface area contributed by atoms with E-state index >= 15 is 0 Å². The standard InChI is InChI=1S/C17H22N4O/c1-20(2)17(14-6-4-3-5-7-14)10-8-16(9-11-17)12-19-15(22)21(16)13-18/h3-7H,8-12H2,1-2H3,(H,19,22). The third-order valence-electron chi connectivity index (χ3n) is 5.52. The molecule has 116 valence electrons. The van der Waals surface area contributed by atoms with E-state index in [1.165, 1.54) is 10.5 Å². The zero-order chi connectivity index (χ0) is 15.8. The smallest absolute Gasteiger partial charge is 0.331 e. The Balaban J connectivity index is 1.88. The molecule has 22 heavy (non-hydrogen) atoms. The molecule has 1 heterocycles. The number of nitrogens with one attached hydrogen (secondary N) is 1. The highest BCUT2D eigenvalue weighted by molar-refractivity contribution is 5.79. The van der Waals surface area contributed by atoms with Gasteiger partial charge in [0, 0.05) is 12.1 Å². The molecule has 2 amide bonds. The van der Waals surface area contributed by atoms with Gasteiger partial charge in [-0.3, -0.25) is 4.90 Å². The van der Waals surface area contributed by atoms with Crippen molar-refractivity contribution in [1.82, 2.24) is 15.1 Å². The molecule has 1 aromatic carbocycles. The van der Waals surface area contributed by atoms with Crippen LogP contribution in [0.3, 0.4) is 0 Å². The molecule has 0 radical (unpaired) electrons. The Morgan fingerprint density at radius 1 is 1.18 bits per heavy atom. The second kappa shape index (κ2) is 5.29. The Hall–Kier alpha value is -2.06. The lowest BCUT2D eigenvalue weighted by atomic mass is 9.68. The minimum absolute atomic E-state index is 0.0146. The van der Waals surface area contributed by atoms with Crippen LogP contribution < -0.4 is 5.32 Å². The van der Waals surface area contributed by atoms with Gasteiger partial charge in [0.15, 0.2) is 6.19 Å². The molecule has 3 rings (SSSR count). The third kappa shape index (κ3) is 2.06. The molecule has 1 aliphatic carbocycles. The van der Waals surface area contributed by atoms with Crippen molar-refractivity contribution in [2.45, 2.75) is 36.8 Å². The highest BCUT2D eigenvalue weighted by Gasteiger charge is 2.52. The Morgan fingerprint density at radius 2 is 1.82 bits per heavy atom. The maximum Gasteiger partial charge on any atom is 0.331 e. The number of amides is 2. The average molecular weight is 298 g/mol. The van der Waals surface area contributed by atoms with Gasteiger partial charge in [-0.25, -0.2) is 9.69 Å². The molecule has 1 aromatic rings. The molecule has 5 nitrogen and oxygen atoms in total. The molecule has 1 saturated carbocycles. The van der Waals surface area contributed by atoms with Crippen molar-refractivity contribution in [1.29, 1.82) is 5.26 Å². The van der Waals surface area contributed by atoms with Gasteiger partial charge in [-0.1, -0.05) is 30.3 Å². The summed E-state index contributed by atoms with van der Waals surface area (Å²) in [5.41, 5.74) is 0.968. The summed E-state index contributed by atoms with van der Waals surface area (Å²) < 4.78 is 0. The largest absolute Gasteiger partial charge is 0.335 e. The topological polar surface area (TPSA) is 59.4 Å². The van der Waals surface area contributed by atoms with Crippen molar-refractivity contribution in [3.8, 4) is 6.19 Å². The summed E-state index contributed by atoms with van der Waals surface area (Å²) in [7, 11) is 4.23. The van der Waals surface area contributed by atoms with Gasteiger partial charge in [-0.05, 0) is 45.3 Å². The molecule has 0 unspecified atom stereocenters. The molecular formula is C17H22N4O. The second-order valence-corrected chi connectivity index (χ2v) is 6.61. The fourth-order valence-corrected chi connectivity index (χ4v) is 4.04. The predicted molar refractivity (Wildman–Crippen MR) is 83.9 cm³/mol. The summed E-state index contributed by atoms with van der Waals surface area (Å²) in [5.74, 6) is 0. The third-order valence-corrected chi connectivity index (χ3v) is 5.52. The van der Waals surface area contributed by atoms with E-state index in [1.54, 1.807) is 0 Å². The van der Waals surface area contributed by atoms with Crippen molar-refractivity contribution in [2.75, 3.05) is 20.6 Å². The van der Waals surface area contributed by atoms with Crippen LogP contribution in [0.5, 0.6) is 0 Å². The van der Waals surface area contributed by atoms with Crippen LogP contribution >= 0.6 is 0 Å². The van der Waals surface area contributed by atoms with E-state index in [9.17, 15) is 10.1 Å². The molecule has 1 N–H and O–H groups in total. The number of benzene rings is 1. The molecule has 0 aromatic heterocycles. The number of hydrogen-bond acceptors (Lipinski definition) is 3. The zero-order valence-electron chi connectivity index (χ0n) is 13.2.